The number of hydrogen-bond donors (Lipinski definition) is 1. The number of carbonyl (C=O) groups is 1. The minimum atomic E-state index is -0.317. The highest BCUT2D eigenvalue weighted by molar-refractivity contribution is 7.71. The number of para-hydroxylation sites is 1. The van der Waals surface area contributed by atoms with Gasteiger partial charge in [-0.25, -0.2) is 4.68 Å². The Balaban J connectivity index is 1.43. The summed E-state index contributed by atoms with van der Waals surface area (Å²) in [6.45, 7) is 1.21. The fraction of sp³-hybridized carbons (Fsp3) is 0.222. The summed E-state index contributed by atoms with van der Waals surface area (Å²) in [7, 11) is 1.68. The summed E-state index contributed by atoms with van der Waals surface area (Å²) < 4.78 is 15.4. The first-order valence-electron chi connectivity index (χ1n) is 11.8. The first-order chi connectivity index (χ1) is 17.6. The van der Waals surface area contributed by atoms with Crippen LogP contribution in [0.5, 0.6) is 11.5 Å². The van der Waals surface area contributed by atoms with Crippen LogP contribution < -0.4 is 14.8 Å². The molecule has 36 heavy (non-hydrogen) atoms. The van der Waals surface area contributed by atoms with E-state index in [4.69, 9.17) is 26.8 Å². The van der Waals surface area contributed by atoms with Crippen LogP contribution in [0.2, 0.25) is 0 Å². The number of nitrogens with zero attached hydrogens (tertiary/aromatic N) is 4. The third-order valence-electron chi connectivity index (χ3n) is 6.70. The largest absolute Gasteiger partial charge is 0.454 e. The molecule has 0 saturated heterocycles. The predicted octanol–water partition coefficient (Wildman–Crippen LogP) is 3.93. The quantitative estimate of drug-likeness (QED) is 0.420. The second kappa shape index (κ2) is 9.25. The maximum atomic E-state index is 12.8. The van der Waals surface area contributed by atoms with Crippen molar-refractivity contribution < 1.29 is 14.3 Å². The molecule has 6 rings (SSSR count). The molecule has 2 aliphatic rings. The maximum Gasteiger partial charge on any atom is 0.237 e. The molecule has 182 valence electrons. The van der Waals surface area contributed by atoms with E-state index in [0.29, 0.717) is 41.7 Å². The highest BCUT2D eigenvalue weighted by Gasteiger charge is 2.32. The fourth-order valence-corrected chi connectivity index (χ4v) is 5.15. The molecule has 1 unspecified atom stereocenters. The monoisotopic (exact) mass is 499 g/mol. The zero-order valence-corrected chi connectivity index (χ0v) is 20.6. The van der Waals surface area contributed by atoms with Gasteiger partial charge in [-0.3, -0.25) is 14.3 Å². The molecule has 8 nitrogen and oxygen atoms in total. The van der Waals surface area contributed by atoms with E-state index < -0.39 is 0 Å². The first kappa shape index (κ1) is 22.5. The van der Waals surface area contributed by atoms with E-state index in [-0.39, 0.29) is 18.7 Å². The van der Waals surface area contributed by atoms with Gasteiger partial charge in [-0.1, -0.05) is 42.5 Å². The van der Waals surface area contributed by atoms with Crippen LogP contribution in [-0.4, -0.2) is 45.0 Å². The molecule has 2 aliphatic heterocycles. The Morgan fingerprint density at radius 3 is 2.58 bits per heavy atom. The molecule has 9 heteroatoms. The highest BCUT2D eigenvalue weighted by atomic mass is 32.1. The van der Waals surface area contributed by atoms with Crippen LogP contribution >= 0.6 is 12.2 Å². The smallest absolute Gasteiger partial charge is 0.237 e. The fourth-order valence-electron chi connectivity index (χ4n) is 4.86. The molecule has 3 aromatic carbocycles. The lowest BCUT2D eigenvalue weighted by molar-refractivity contribution is -0.127. The Morgan fingerprint density at radius 2 is 1.78 bits per heavy atom. The van der Waals surface area contributed by atoms with Crippen molar-refractivity contribution >= 4 is 18.1 Å². The van der Waals surface area contributed by atoms with Gasteiger partial charge < -0.3 is 14.8 Å². The molecular formula is C27H25N5O3S. The van der Waals surface area contributed by atoms with Crippen LogP contribution in [0.1, 0.15) is 11.1 Å². The van der Waals surface area contributed by atoms with Gasteiger partial charge in [0.15, 0.2) is 17.3 Å². The summed E-state index contributed by atoms with van der Waals surface area (Å²) in [6, 6.07) is 23.6. The zero-order chi connectivity index (χ0) is 24.6. The van der Waals surface area contributed by atoms with Crippen molar-refractivity contribution in [1.82, 2.24) is 24.6 Å². The number of fused-ring (bicyclic) bond motifs is 2. The SMILES string of the molecule is CNC(=O)C1Cc2ccccc2CN1Cn1nc(-c2ccc3c(c2)OCO3)n(-c2ccccc2)c1=S. The topological polar surface area (TPSA) is 73.6 Å². The third kappa shape index (κ3) is 3.96. The van der Waals surface area contributed by atoms with Crippen molar-refractivity contribution in [3.63, 3.8) is 0 Å². The van der Waals surface area contributed by atoms with Crippen LogP contribution in [0.4, 0.5) is 0 Å². The van der Waals surface area contributed by atoms with Gasteiger partial charge in [0.05, 0.1) is 12.7 Å². The number of likely N-dealkylation sites (N-methyl/N-ethyl adjacent to an activating group) is 1. The minimum Gasteiger partial charge on any atom is -0.454 e. The van der Waals surface area contributed by atoms with Crippen LogP contribution in [0.3, 0.4) is 0 Å². The van der Waals surface area contributed by atoms with Gasteiger partial charge in [0, 0.05) is 24.8 Å². The van der Waals surface area contributed by atoms with E-state index in [2.05, 4.69) is 22.3 Å². The van der Waals surface area contributed by atoms with E-state index >= 15 is 0 Å². The van der Waals surface area contributed by atoms with E-state index in [1.54, 1.807) is 11.7 Å². The van der Waals surface area contributed by atoms with Crippen LogP contribution in [-0.2, 0) is 24.4 Å². The molecule has 1 aromatic heterocycles. The van der Waals surface area contributed by atoms with E-state index in [9.17, 15) is 4.79 Å². The number of carbonyl (C=O) groups excluding carboxylic acids is 1. The average Bonchev–Trinajstić information content (AvgIpc) is 3.52. The molecule has 1 N–H and O–H groups in total. The Labute approximate surface area is 213 Å². The molecule has 0 fully saturated rings. The van der Waals surface area contributed by atoms with Crippen molar-refractivity contribution in [2.24, 2.45) is 0 Å². The number of aromatic nitrogens is 3. The van der Waals surface area contributed by atoms with Crippen molar-refractivity contribution in [2.75, 3.05) is 13.8 Å². The van der Waals surface area contributed by atoms with Gasteiger partial charge in [0.25, 0.3) is 0 Å². The number of ether oxygens (including phenoxy) is 2. The van der Waals surface area contributed by atoms with E-state index in [0.717, 1.165) is 11.3 Å². The lowest BCUT2D eigenvalue weighted by Gasteiger charge is -2.35. The summed E-state index contributed by atoms with van der Waals surface area (Å²) >= 11 is 5.95. The Kier molecular flexibility index (Phi) is 5.79. The van der Waals surface area contributed by atoms with Gasteiger partial charge in [-0.2, -0.15) is 0 Å². The Hall–Kier alpha value is -3.95. The molecule has 0 aliphatic carbocycles. The average molecular weight is 500 g/mol. The Morgan fingerprint density at radius 1 is 1.03 bits per heavy atom. The molecule has 3 heterocycles. The van der Waals surface area contributed by atoms with Gasteiger partial charge >= 0.3 is 0 Å². The number of amides is 1. The summed E-state index contributed by atoms with van der Waals surface area (Å²) in [5.41, 5.74) is 4.18. The molecular weight excluding hydrogens is 474 g/mol. The number of benzene rings is 3. The normalized spacial score (nSPS) is 16.5. The molecule has 0 spiro atoms. The molecule has 0 bridgehead atoms. The second-order valence-corrected chi connectivity index (χ2v) is 9.20. The van der Waals surface area contributed by atoms with Crippen LogP contribution in [0.15, 0.2) is 72.8 Å². The lowest BCUT2D eigenvalue weighted by Crippen LogP contribution is -2.50. The number of rotatable bonds is 5. The zero-order valence-electron chi connectivity index (χ0n) is 19.8. The summed E-state index contributed by atoms with van der Waals surface area (Å²) in [4.78, 5) is 15.0. The van der Waals surface area contributed by atoms with Crippen molar-refractivity contribution in [1.29, 1.82) is 0 Å². The first-order valence-corrected chi connectivity index (χ1v) is 12.2. The second-order valence-electron chi connectivity index (χ2n) is 8.84. The van der Waals surface area contributed by atoms with E-state index in [1.165, 1.54) is 11.1 Å². The maximum absolute atomic E-state index is 12.8. The summed E-state index contributed by atoms with van der Waals surface area (Å²) in [5, 5.41) is 7.78. The number of nitrogens with one attached hydrogen (secondary N) is 1. The van der Waals surface area contributed by atoms with Crippen molar-refractivity contribution in [3.05, 3.63) is 88.7 Å². The highest BCUT2D eigenvalue weighted by Crippen LogP contribution is 2.36. The molecule has 0 radical (unpaired) electrons. The summed E-state index contributed by atoms with van der Waals surface area (Å²) in [6.07, 6.45) is 0.636. The third-order valence-corrected chi connectivity index (χ3v) is 7.09. The summed E-state index contributed by atoms with van der Waals surface area (Å²) in [5.74, 6) is 2.07. The predicted molar refractivity (Wildman–Crippen MR) is 137 cm³/mol. The minimum absolute atomic E-state index is 0.0190. The van der Waals surface area contributed by atoms with Crippen molar-refractivity contribution in [2.45, 2.75) is 25.7 Å². The molecule has 1 amide bonds. The van der Waals surface area contributed by atoms with Gasteiger partial charge in [-0.15, -0.1) is 5.10 Å². The molecule has 1 atom stereocenters. The van der Waals surface area contributed by atoms with Gasteiger partial charge in [0.1, 0.15) is 0 Å². The van der Waals surface area contributed by atoms with Gasteiger partial charge in [-0.05, 0) is 60.1 Å². The Bertz CT molecular complexity index is 1500. The lowest BCUT2D eigenvalue weighted by atomic mass is 9.94. The standard InChI is InChI=1S/C27H25N5O3S/c1-28-26(33)22-13-18-7-5-6-8-20(18)15-30(22)16-31-27(36)32(21-9-3-2-4-10-21)25(29-31)19-11-12-23-24(14-19)35-17-34-23/h2-12,14,22H,13,15-17H2,1H3,(H,28,33). The molecule has 4 aromatic rings. The molecule has 0 saturated carbocycles. The van der Waals surface area contributed by atoms with Crippen LogP contribution in [0.25, 0.3) is 17.1 Å². The number of hydrogen-bond acceptors (Lipinski definition) is 6. The van der Waals surface area contributed by atoms with Crippen LogP contribution in [0, 0.1) is 4.77 Å². The van der Waals surface area contributed by atoms with E-state index in [1.807, 2.05) is 65.2 Å². The van der Waals surface area contributed by atoms with Crippen molar-refractivity contribution in [3.8, 4) is 28.6 Å². The van der Waals surface area contributed by atoms with Gasteiger partial charge in [0.2, 0.25) is 17.5 Å².